The summed E-state index contributed by atoms with van der Waals surface area (Å²) in [6.45, 7) is 0. The van der Waals surface area contributed by atoms with Gasteiger partial charge in [0.1, 0.15) is 5.65 Å². The van der Waals surface area contributed by atoms with E-state index in [-0.39, 0.29) is 18.2 Å². The summed E-state index contributed by atoms with van der Waals surface area (Å²) in [5, 5.41) is 6.57. The summed E-state index contributed by atoms with van der Waals surface area (Å²) in [6, 6.07) is 13.4. The molecule has 1 aliphatic carbocycles. The highest BCUT2D eigenvalue weighted by Crippen LogP contribution is 2.43. The van der Waals surface area contributed by atoms with Crippen molar-refractivity contribution in [2.75, 3.05) is 5.32 Å². The Bertz CT molecular complexity index is 1220. The molecule has 158 valence electrons. The van der Waals surface area contributed by atoms with Crippen molar-refractivity contribution in [3.05, 3.63) is 78.0 Å². The molecule has 1 amide bonds. The van der Waals surface area contributed by atoms with Crippen LogP contribution in [0.2, 0.25) is 0 Å². The number of carbonyl (C=O) groups excluding carboxylic acids is 1. The molecular weight excluding hydrogens is 407 g/mol. The Hall–Kier alpha value is -3.62. The maximum absolute atomic E-state index is 13.1. The summed E-state index contributed by atoms with van der Waals surface area (Å²) in [5.41, 5.74) is 2.16. The van der Waals surface area contributed by atoms with Crippen molar-refractivity contribution in [1.82, 2.24) is 19.2 Å². The summed E-state index contributed by atoms with van der Waals surface area (Å²) in [7, 11) is 0. The highest BCUT2D eigenvalue weighted by atomic mass is 19.4. The normalized spacial score (nSPS) is 14.2. The van der Waals surface area contributed by atoms with E-state index in [0.29, 0.717) is 22.8 Å². The number of nitrogens with zero attached hydrogens (tertiary/aromatic N) is 4. The molecule has 6 nitrogen and oxygen atoms in total. The topological polar surface area (TPSA) is 64.2 Å². The molecule has 3 heterocycles. The first-order chi connectivity index (χ1) is 14.9. The molecule has 1 aliphatic rings. The summed E-state index contributed by atoms with van der Waals surface area (Å²) in [6.07, 6.45) is 1.01. The van der Waals surface area contributed by atoms with E-state index in [1.807, 2.05) is 28.8 Å². The number of hydrogen-bond donors (Lipinski definition) is 1. The standard InChI is InChI=1S/C22H18F3N5O/c23-22(24,25)19-12-18(14-4-5-14)30(28-19)17-8-6-15(7-9-17)27-21(31)11-16-13-29-10-2-1-3-20(29)26-16/h1-3,6-10,12-14H,4-5,11H2,(H,27,31). The van der Waals surface area contributed by atoms with Crippen molar-refractivity contribution in [3.63, 3.8) is 0 Å². The molecule has 9 heteroatoms. The minimum atomic E-state index is -4.49. The Morgan fingerprint density at radius 2 is 1.90 bits per heavy atom. The van der Waals surface area contributed by atoms with Crippen LogP contribution in [0.4, 0.5) is 18.9 Å². The van der Waals surface area contributed by atoms with Crippen LogP contribution in [0.5, 0.6) is 0 Å². The zero-order valence-corrected chi connectivity index (χ0v) is 16.3. The second kappa shape index (κ2) is 7.26. The van der Waals surface area contributed by atoms with Crippen molar-refractivity contribution in [2.45, 2.75) is 31.4 Å². The molecule has 0 saturated heterocycles. The van der Waals surface area contributed by atoms with Crippen LogP contribution in [0, 0.1) is 0 Å². The van der Waals surface area contributed by atoms with Gasteiger partial charge >= 0.3 is 6.18 Å². The van der Waals surface area contributed by atoms with Gasteiger partial charge in [-0.15, -0.1) is 0 Å². The van der Waals surface area contributed by atoms with Gasteiger partial charge in [-0.2, -0.15) is 18.3 Å². The van der Waals surface area contributed by atoms with Crippen LogP contribution >= 0.6 is 0 Å². The fraction of sp³-hybridized carbons (Fsp3) is 0.227. The first-order valence-corrected chi connectivity index (χ1v) is 9.87. The summed E-state index contributed by atoms with van der Waals surface area (Å²) < 4.78 is 42.5. The molecule has 4 aromatic rings. The van der Waals surface area contributed by atoms with Crippen LogP contribution in [-0.4, -0.2) is 25.1 Å². The number of amides is 1. The molecular formula is C22H18F3N5O. The minimum Gasteiger partial charge on any atom is -0.326 e. The van der Waals surface area contributed by atoms with E-state index in [4.69, 9.17) is 0 Å². The molecule has 0 unspecified atom stereocenters. The molecule has 1 aromatic carbocycles. The Kier molecular flexibility index (Phi) is 4.53. The van der Waals surface area contributed by atoms with Gasteiger partial charge in [0, 0.05) is 29.7 Å². The number of alkyl halides is 3. The van der Waals surface area contributed by atoms with Crippen LogP contribution in [-0.2, 0) is 17.4 Å². The van der Waals surface area contributed by atoms with Gasteiger partial charge in [-0.1, -0.05) is 6.07 Å². The van der Waals surface area contributed by atoms with Gasteiger partial charge in [0.25, 0.3) is 0 Å². The Balaban J connectivity index is 1.31. The SMILES string of the molecule is O=C(Cc1cn2ccccc2n1)Nc1ccc(-n2nc(C(F)(F)F)cc2C2CC2)cc1. The third-order valence-electron chi connectivity index (χ3n) is 5.17. The lowest BCUT2D eigenvalue weighted by Gasteiger charge is -2.09. The van der Waals surface area contributed by atoms with Crippen LogP contribution in [0.3, 0.4) is 0 Å². The number of fused-ring (bicyclic) bond motifs is 1. The number of nitrogens with one attached hydrogen (secondary N) is 1. The van der Waals surface area contributed by atoms with Crippen molar-refractivity contribution >= 4 is 17.2 Å². The lowest BCUT2D eigenvalue weighted by molar-refractivity contribution is -0.141. The molecule has 31 heavy (non-hydrogen) atoms. The number of carbonyl (C=O) groups is 1. The van der Waals surface area contributed by atoms with Gasteiger partial charge < -0.3 is 9.72 Å². The number of hydrogen-bond acceptors (Lipinski definition) is 3. The number of halogens is 3. The summed E-state index contributed by atoms with van der Waals surface area (Å²) >= 11 is 0. The predicted molar refractivity (Wildman–Crippen MR) is 108 cm³/mol. The van der Waals surface area contributed by atoms with E-state index >= 15 is 0 Å². The Morgan fingerprint density at radius 3 is 2.58 bits per heavy atom. The zero-order valence-electron chi connectivity index (χ0n) is 16.3. The fourth-order valence-electron chi connectivity index (χ4n) is 3.54. The maximum Gasteiger partial charge on any atom is 0.435 e. The second-order valence-corrected chi connectivity index (χ2v) is 7.61. The second-order valence-electron chi connectivity index (χ2n) is 7.61. The highest BCUT2D eigenvalue weighted by Gasteiger charge is 2.38. The predicted octanol–water partition coefficient (Wildman–Crippen LogP) is 4.60. The number of benzene rings is 1. The monoisotopic (exact) mass is 425 g/mol. The zero-order chi connectivity index (χ0) is 21.6. The van der Waals surface area contributed by atoms with Gasteiger partial charge in [-0.05, 0) is 55.3 Å². The van der Waals surface area contributed by atoms with Gasteiger partial charge in [-0.25, -0.2) is 9.67 Å². The molecule has 0 aliphatic heterocycles. The third-order valence-corrected chi connectivity index (χ3v) is 5.17. The van der Waals surface area contributed by atoms with Crippen LogP contribution in [0.15, 0.2) is 60.9 Å². The lowest BCUT2D eigenvalue weighted by atomic mass is 10.2. The molecule has 5 rings (SSSR count). The quantitative estimate of drug-likeness (QED) is 0.508. The average molecular weight is 425 g/mol. The number of aromatic nitrogens is 4. The minimum absolute atomic E-state index is 0.105. The molecule has 0 bridgehead atoms. The smallest absolute Gasteiger partial charge is 0.326 e. The maximum atomic E-state index is 13.1. The molecule has 0 spiro atoms. The van der Waals surface area contributed by atoms with Crippen molar-refractivity contribution in [1.29, 1.82) is 0 Å². The van der Waals surface area contributed by atoms with Crippen LogP contribution in [0.1, 0.15) is 35.8 Å². The van der Waals surface area contributed by atoms with E-state index in [1.54, 1.807) is 30.5 Å². The average Bonchev–Trinajstić information content (AvgIpc) is 3.32. The molecule has 3 aromatic heterocycles. The molecule has 1 fully saturated rings. The first-order valence-electron chi connectivity index (χ1n) is 9.87. The Labute approximate surface area is 175 Å². The number of imidazole rings is 1. The van der Waals surface area contributed by atoms with Crippen LogP contribution < -0.4 is 5.32 Å². The molecule has 0 radical (unpaired) electrons. The van der Waals surface area contributed by atoms with Crippen molar-refractivity contribution in [3.8, 4) is 5.69 Å². The molecule has 1 saturated carbocycles. The van der Waals surface area contributed by atoms with Crippen molar-refractivity contribution in [2.24, 2.45) is 0 Å². The largest absolute Gasteiger partial charge is 0.435 e. The number of rotatable bonds is 5. The van der Waals surface area contributed by atoms with E-state index in [2.05, 4.69) is 15.4 Å². The number of anilines is 1. The molecule has 1 N–H and O–H groups in total. The summed E-state index contributed by atoms with van der Waals surface area (Å²) in [5.74, 6) is -0.123. The molecule has 0 atom stereocenters. The van der Waals surface area contributed by atoms with Gasteiger partial charge in [-0.3, -0.25) is 4.79 Å². The summed E-state index contributed by atoms with van der Waals surface area (Å²) in [4.78, 5) is 16.8. The van der Waals surface area contributed by atoms with Gasteiger partial charge in [0.15, 0.2) is 5.69 Å². The first kappa shape index (κ1) is 19.3. The van der Waals surface area contributed by atoms with Crippen LogP contribution in [0.25, 0.3) is 11.3 Å². The van der Waals surface area contributed by atoms with E-state index < -0.39 is 11.9 Å². The van der Waals surface area contributed by atoms with E-state index in [1.165, 1.54) is 4.68 Å². The van der Waals surface area contributed by atoms with E-state index in [9.17, 15) is 18.0 Å². The van der Waals surface area contributed by atoms with Gasteiger partial charge in [0.2, 0.25) is 5.91 Å². The fourth-order valence-corrected chi connectivity index (χ4v) is 3.54. The van der Waals surface area contributed by atoms with Crippen molar-refractivity contribution < 1.29 is 18.0 Å². The highest BCUT2D eigenvalue weighted by molar-refractivity contribution is 5.92. The van der Waals surface area contributed by atoms with Gasteiger partial charge in [0.05, 0.1) is 17.8 Å². The number of pyridine rings is 1. The lowest BCUT2D eigenvalue weighted by Crippen LogP contribution is -2.14. The third kappa shape index (κ3) is 4.03. The van der Waals surface area contributed by atoms with E-state index in [0.717, 1.165) is 24.6 Å². The Morgan fingerprint density at radius 1 is 1.13 bits per heavy atom.